The number of nitrogens with zero attached hydrogens (tertiary/aromatic N) is 3. The van der Waals surface area contributed by atoms with Gasteiger partial charge in [0.2, 0.25) is 5.88 Å². The van der Waals surface area contributed by atoms with E-state index >= 15 is 0 Å². The predicted molar refractivity (Wildman–Crippen MR) is 118 cm³/mol. The predicted octanol–water partition coefficient (Wildman–Crippen LogP) is 4.70. The van der Waals surface area contributed by atoms with E-state index in [0.717, 1.165) is 18.2 Å². The number of halogens is 5. The Labute approximate surface area is 201 Å². The van der Waals surface area contributed by atoms with Gasteiger partial charge in [0, 0.05) is 38.3 Å². The van der Waals surface area contributed by atoms with Crippen molar-refractivity contribution in [2.24, 2.45) is 0 Å². The summed E-state index contributed by atoms with van der Waals surface area (Å²) in [6.07, 6.45) is -4.66. The quantitative estimate of drug-likeness (QED) is 0.513. The van der Waals surface area contributed by atoms with Crippen LogP contribution in [0.4, 0.5) is 33.5 Å². The number of nitrogens with one attached hydrogen (secondary N) is 1. The van der Waals surface area contributed by atoms with E-state index in [0.29, 0.717) is 11.9 Å². The van der Waals surface area contributed by atoms with Crippen molar-refractivity contribution in [3.8, 4) is 11.6 Å². The van der Waals surface area contributed by atoms with Crippen LogP contribution in [-0.2, 0) is 6.18 Å². The van der Waals surface area contributed by atoms with Crippen LogP contribution in [-0.4, -0.2) is 47.9 Å². The molecule has 3 aromatic rings. The van der Waals surface area contributed by atoms with Gasteiger partial charge in [0.05, 0.1) is 11.1 Å². The molecule has 0 radical (unpaired) electrons. The average molecular weight is 504 g/mol. The highest BCUT2D eigenvalue weighted by molar-refractivity contribution is 6.07. The van der Waals surface area contributed by atoms with E-state index in [-0.39, 0.29) is 49.1 Å². The van der Waals surface area contributed by atoms with Crippen LogP contribution in [0.2, 0.25) is 0 Å². The average Bonchev–Trinajstić information content (AvgIpc) is 2.99. The maximum Gasteiger partial charge on any atom is 0.417 e. The number of aromatic nitrogens is 1. The van der Waals surface area contributed by atoms with Gasteiger partial charge in [-0.2, -0.15) is 18.2 Å². The second kappa shape index (κ2) is 8.77. The summed E-state index contributed by atoms with van der Waals surface area (Å²) >= 11 is 0. The molecule has 1 aromatic heterocycles. The van der Waals surface area contributed by atoms with Crippen molar-refractivity contribution in [1.29, 1.82) is 0 Å². The number of alkyl halides is 3. The lowest BCUT2D eigenvalue weighted by atomic mass is 10.1. The monoisotopic (exact) mass is 504 g/mol. The molecular weight excluding hydrogens is 487 g/mol. The Morgan fingerprint density at radius 1 is 1.00 bits per heavy atom. The molecule has 2 aliphatic rings. The fourth-order valence-electron chi connectivity index (χ4n) is 4.12. The zero-order valence-electron chi connectivity index (χ0n) is 18.4. The first kappa shape index (κ1) is 23.5. The lowest BCUT2D eigenvalue weighted by Crippen LogP contribution is -2.49. The minimum Gasteiger partial charge on any atom is -0.436 e. The summed E-state index contributed by atoms with van der Waals surface area (Å²) in [6.45, 7) is 0.754. The normalized spacial score (nSPS) is 15.4. The number of fused-ring (bicyclic) bond motifs is 2. The summed E-state index contributed by atoms with van der Waals surface area (Å²) in [5, 5.41) is 2.34. The SMILES string of the molecule is O=C1Nc2c(F)cc(F)cc2Oc2nc(N3CCN(C(=O)c4ccccc4C(F)(F)F)CC3)ccc21. The molecule has 0 atom stereocenters. The number of pyridine rings is 1. The van der Waals surface area contributed by atoms with Gasteiger partial charge in [-0.25, -0.2) is 8.78 Å². The fourth-order valence-corrected chi connectivity index (χ4v) is 4.12. The molecule has 1 N–H and O–H groups in total. The minimum absolute atomic E-state index is 0.00679. The molecule has 1 fully saturated rings. The molecule has 0 bridgehead atoms. The van der Waals surface area contributed by atoms with Crippen LogP contribution in [0.15, 0.2) is 48.5 Å². The van der Waals surface area contributed by atoms with E-state index in [1.54, 1.807) is 4.90 Å². The Balaban J connectivity index is 1.34. The number of anilines is 2. The molecule has 186 valence electrons. The van der Waals surface area contributed by atoms with Crippen LogP contribution in [0.5, 0.6) is 11.6 Å². The zero-order valence-corrected chi connectivity index (χ0v) is 18.4. The second-order valence-electron chi connectivity index (χ2n) is 8.16. The van der Waals surface area contributed by atoms with E-state index in [1.165, 1.54) is 29.2 Å². The number of amides is 2. The van der Waals surface area contributed by atoms with Gasteiger partial charge in [-0.1, -0.05) is 12.1 Å². The van der Waals surface area contributed by atoms with Crippen LogP contribution in [0.3, 0.4) is 0 Å². The van der Waals surface area contributed by atoms with Crippen molar-refractivity contribution in [1.82, 2.24) is 9.88 Å². The van der Waals surface area contributed by atoms with E-state index in [9.17, 15) is 31.5 Å². The number of hydrogen-bond acceptors (Lipinski definition) is 5. The van der Waals surface area contributed by atoms with Gasteiger partial charge in [-0.05, 0) is 24.3 Å². The summed E-state index contributed by atoms with van der Waals surface area (Å²) < 4.78 is 73.3. The molecule has 3 heterocycles. The van der Waals surface area contributed by atoms with Gasteiger partial charge in [0.25, 0.3) is 11.8 Å². The number of rotatable bonds is 2. The van der Waals surface area contributed by atoms with Crippen molar-refractivity contribution >= 4 is 23.3 Å². The Morgan fingerprint density at radius 3 is 2.44 bits per heavy atom. The van der Waals surface area contributed by atoms with Crippen molar-refractivity contribution in [2.45, 2.75) is 6.18 Å². The van der Waals surface area contributed by atoms with Crippen molar-refractivity contribution in [3.63, 3.8) is 0 Å². The maximum atomic E-state index is 14.1. The van der Waals surface area contributed by atoms with Gasteiger partial charge >= 0.3 is 6.18 Å². The van der Waals surface area contributed by atoms with Gasteiger partial charge in [-0.15, -0.1) is 0 Å². The van der Waals surface area contributed by atoms with Crippen molar-refractivity contribution in [3.05, 3.63) is 76.9 Å². The molecule has 2 aromatic carbocycles. The number of ether oxygens (including phenoxy) is 1. The molecule has 0 aliphatic carbocycles. The molecule has 0 saturated carbocycles. The number of carbonyl (C=O) groups excluding carboxylic acids is 2. The highest BCUT2D eigenvalue weighted by atomic mass is 19.4. The van der Waals surface area contributed by atoms with Gasteiger partial charge < -0.3 is 19.9 Å². The van der Waals surface area contributed by atoms with Gasteiger partial charge in [0.15, 0.2) is 11.6 Å². The first-order chi connectivity index (χ1) is 17.1. The minimum atomic E-state index is -4.66. The highest BCUT2D eigenvalue weighted by Crippen LogP contribution is 2.38. The Kier molecular flexibility index (Phi) is 5.73. The number of benzene rings is 2. The van der Waals surface area contributed by atoms with Gasteiger partial charge in [0.1, 0.15) is 22.9 Å². The van der Waals surface area contributed by atoms with E-state index in [2.05, 4.69) is 10.3 Å². The van der Waals surface area contributed by atoms with Crippen LogP contribution < -0.4 is 15.0 Å². The van der Waals surface area contributed by atoms with Crippen LogP contribution in [0.1, 0.15) is 26.3 Å². The van der Waals surface area contributed by atoms with Crippen LogP contribution in [0.25, 0.3) is 0 Å². The summed E-state index contributed by atoms with van der Waals surface area (Å²) in [6, 6.07) is 9.12. The first-order valence-corrected chi connectivity index (χ1v) is 10.8. The van der Waals surface area contributed by atoms with Gasteiger partial charge in [-0.3, -0.25) is 9.59 Å². The molecule has 5 rings (SSSR count). The smallest absolute Gasteiger partial charge is 0.417 e. The Morgan fingerprint density at radius 2 is 1.72 bits per heavy atom. The summed E-state index contributed by atoms with van der Waals surface area (Å²) in [5.41, 5.74) is -1.72. The van der Waals surface area contributed by atoms with Crippen molar-refractivity contribution in [2.75, 3.05) is 36.4 Å². The number of piperazine rings is 1. The summed E-state index contributed by atoms with van der Waals surface area (Å²) in [7, 11) is 0. The molecule has 2 amide bonds. The lowest BCUT2D eigenvalue weighted by molar-refractivity contribution is -0.138. The van der Waals surface area contributed by atoms with Crippen molar-refractivity contribution < 1.29 is 36.3 Å². The van der Waals surface area contributed by atoms with E-state index in [4.69, 9.17) is 4.74 Å². The molecule has 2 aliphatic heterocycles. The first-order valence-electron chi connectivity index (χ1n) is 10.8. The standard InChI is InChI=1S/C24H17F5N4O3/c25-13-11-17(26)20-18(12-13)36-22-15(21(34)31-20)5-6-19(30-22)32-7-9-33(10-8-32)23(35)14-3-1-2-4-16(14)24(27,28)29/h1-6,11-12H,7-10H2,(H,31,34). The summed E-state index contributed by atoms with van der Waals surface area (Å²) in [5.74, 6) is -3.35. The Bertz CT molecular complexity index is 1370. The zero-order chi connectivity index (χ0) is 25.6. The third-order valence-corrected chi connectivity index (χ3v) is 5.91. The third kappa shape index (κ3) is 4.30. The number of hydrogen-bond donors (Lipinski definition) is 1. The van der Waals surface area contributed by atoms with Crippen LogP contribution >= 0.6 is 0 Å². The molecule has 0 spiro atoms. The Hall–Kier alpha value is -4.22. The molecule has 12 heteroatoms. The molecule has 1 saturated heterocycles. The largest absolute Gasteiger partial charge is 0.436 e. The fraction of sp³-hybridized carbons (Fsp3) is 0.208. The summed E-state index contributed by atoms with van der Waals surface area (Å²) in [4.78, 5) is 32.7. The second-order valence-corrected chi connectivity index (χ2v) is 8.16. The lowest BCUT2D eigenvalue weighted by Gasteiger charge is -2.36. The maximum absolute atomic E-state index is 14.1. The highest BCUT2D eigenvalue weighted by Gasteiger charge is 2.36. The van der Waals surface area contributed by atoms with E-state index in [1.807, 2.05) is 0 Å². The molecular formula is C24H17F5N4O3. The van der Waals surface area contributed by atoms with E-state index < -0.39 is 40.8 Å². The third-order valence-electron chi connectivity index (χ3n) is 5.91. The van der Waals surface area contributed by atoms with Crippen LogP contribution in [0, 0.1) is 11.6 Å². The molecule has 36 heavy (non-hydrogen) atoms. The molecule has 0 unspecified atom stereocenters. The molecule has 7 nitrogen and oxygen atoms in total. The number of carbonyl (C=O) groups is 2. The topological polar surface area (TPSA) is 74.8 Å².